The maximum Gasteiger partial charge on any atom is 0.352 e. The first-order chi connectivity index (χ1) is 9.41. The Morgan fingerprint density at radius 1 is 1.20 bits per heavy atom. The number of rotatable bonds is 6. The molecule has 5 heteroatoms. The van der Waals surface area contributed by atoms with Gasteiger partial charge in [-0.05, 0) is 12.0 Å². The van der Waals surface area contributed by atoms with Crippen LogP contribution in [-0.4, -0.2) is 23.5 Å². The maximum absolute atomic E-state index is 12.1. The van der Waals surface area contributed by atoms with Crippen molar-refractivity contribution in [1.82, 2.24) is 4.98 Å². The molecule has 0 radical (unpaired) electrons. The summed E-state index contributed by atoms with van der Waals surface area (Å²) in [6, 6.07) is 3.36. The van der Waals surface area contributed by atoms with Gasteiger partial charge in [0.15, 0.2) is 0 Å². The van der Waals surface area contributed by atoms with Gasteiger partial charge in [-0.15, -0.1) is 0 Å². The predicted octanol–water partition coefficient (Wildman–Crippen LogP) is 2.52. The van der Waals surface area contributed by atoms with Gasteiger partial charge in [-0.2, -0.15) is 0 Å². The molecule has 1 aromatic heterocycles. The first-order valence-electron chi connectivity index (χ1n) is 6.68. The van der Waals surface area contributed by atoms with Gasteiger partial charge in [-0.3, -0.25) is 9.78 Å². The lowest BCUT2D eigenvalue weighted by atomic mass is 10.1. The van der Waals surface area contributed by atoms with Gasteiger partial charge in [-0.1, -0.05) is 33.8 Å². The van der Waals surface area contributed by atoms with Crippen LogP contribution in [0, 0.1) is 11.8 Å². The van der Waals surface area contributed by atoms with E-state index in [1.54, 1.807) is 32.2 Å². The minimum absolute atomic E-state index is 0.217. The minimum Gasteiger partial charge on any atom is -0.462 e. The van der Waals surface area contributed by atoms with Crippen molar-refractivity contribution < 1.29 is 19.1 Å². The van der Waals surface area contributed by atoms with Crippen LogP contribution in [0.3, 0.4) is 0 Å². The van der Waals surface area contributed by atoms with Gasteiger partial charge in [-0.25, -0.2) is 4.79 Å². The second-order valence-corrected chi connectivity index (χ2v) is 5.28. The van der Waals surface area contributed by atoms with Crippen LogP contribution in [0.1, 0.15) is 39.4 Å². The molecule has 1 unspecified atom stereocenters. The van der Waals surface area contributed by atoms with E-state index in [2.05, 4.69) is 4.98 Å². The second kappa shape index (κ2) is 7.62. The molecule has 0 amide bonds. The Balaban J connectivity index is 2.84. The molecule has 0 aliphatic heterocycles. The molecule has 0 saturated heterocycles. The lowest BCUT2D eigenvalue weighted by molar-refractivity contribution is -0.171. The summed E-state index contributed by atoms with van der Waals surface area (Å²) in [7, 11) is 0. The molecule has 0 saturated carbocycles. The summed E-state index contributed by atoms with van der Waals surface area (Å²) in [5.74, 6) is -1.11. The maximum atomic E-state index is 12.1. The van der Waals surface area contributed by atoms with Crippen molar-refractivity contribution in [2.75, 3.05) is 6.61 Å². The van der Waals surface area contributed by atoms with Crippen LogP contribution in [0.15, 0.2) is 24.5 Å². The molecule has 1 rings (SSSR count). The van der Waals surface area contributed by atoms with Crippen LogP contribution in [0.5, 0.6) is 0 Å². The Morgan fingerprint density at radius 2 is 1.90 bits per heavy atom. The van der Waals surface area contributed by atoms with Crippen LogP contribution in [0.25, 0.3) is 0 Å². The van der Waals surface area contributed by atoms with E-state index in [0.29, 0.717) is 5.56 Å². The molecule has 1 aromatic rings. The monoisotopic (exact) mass is 279 g/mol. The topological polar surface area (TPSA) is 65.5 Å². The molecule has 5 nitrogen and oxygen atoms in total. The number of nitrogens with zero attached hydrogens (tertiary/aromatic N) is 1. The van der Waals surface area contributed by atoms with Crippen LogP contribution >= 0.6 is 0 Å². The quantitative estimate of drug-likeness (QED) is 0.749. The summed E-state index contributed by atoms with van der Waals surface area (Å²) in [5.41, 5.74) is 0.509. The predicted molar refractivity (Wildman–Crippen MR) is 73.7 cm³/mol. The van der Waals surface area contributed by atoms with Crippen molar-refractivity contribution in [1.29, 1.82) is 0 Å². The van der Waals surface area contributed by atoms with E-state index in [0.717, 1.165) is 0 Å². The molecule has 0 aliphatic carbocycles. The van der Waals surface area contributed by atoms with Crippen LogP contribution in [-0.2, 0) is 19.1 Å². The number of carbonyl (C=O) groups excluding carboxylic acids is 2. The summed E-state index contributed by atoms with van der Waals surface area (Å²) in [4.78, 5) is 27.7. The number of aromatic nitrogens is 1. The average molecular weight is 279 g/mol. The van der Waals surface area contributed by atoms with Gasteiger partial charge in [0, 0.05) is 18.0 Å². The van der Waals surface area contributed by atoms with E-state index in [9.17, 15) is 9.59 Å². The molecule has 0 aromatic carbocycles. The molecule has 0 fully saturated rings. The molecule has 0 spiro atoms. The van der Waals surface area contributed by atoms with Gasteiger partial charge in [0.2, 0.25) is 6.10 Å². The Labute approximate surface area is 119 Å². The summed E-state index contributed by atoms with van der Waals surface area (Å²) in [5, 5.41) is 0. The highest BCUT2D eigenvalue weighted by atomic mass is 16.6. The number of ether oxygens (including phenoxy) is 2. The zero-order valence-corrected chi connectivity index (χ0v) is 12.3. The summed E-state index contributed by atoms with van der Waals surface area (Å²) >= 11 is 0. The molecular formula is C15H21NO4. The molecule has 20 heavy (non-hydrogen) atoms. The van der Waals surface area contributed by atoms with Crippen molar-refractivity contribution in [3.63, 3.8) is 0 Å². The molecular weight excluding hydrogens is 258 g/mol. The first-order valence-corrected chi connectivity index (χ1v) is 6.68. The standard InChI is InChI=1S/C15H21NO4/c1-10(2)9-19-15(18)13(20-14(17)11(3)4)12-6-5-7-16-8-12/h5-8,10-11,13H,9H2,1-4H3. The van der Waals surface area contributed by atoms with Gasteiger partial charge in [0.1, 0.15) is 0 Å². The number of hydrogen-bond donors (Lipinski definition) is 0. The van der Waals surface area contributed by atoms with Gasteiger partial charge in [0.25, 0.3) is 0 Å². The Kier molecular flexibility index (Phi) is 6.15. The Hall–Kier alpha value is -1.91. The van der Waals surface area contributed by atoms with E-state index < -0.39 is 18.0 Å². The van der Waals surface area contributed by atoms with Crippen LogP contribution in [0.2, 0.25) is 0 Å². The highest BCUT2D eigenvalue weighted by Gasteiger charge is 2.28. The van der Waals surface area contributed by atoms with Gasteiger partial charge >= 0.3 is 11.9 Å². The van der Waals surface area contributed by atoms with Crippen molar-refractivity contribution in [3.8, 4) is 0 Å². The van der Waals surface area contributed by atoms with Crippen molar-refractivity contribution >= 4 is 11.9 Å². The minimum atomic E-state index is -1.06. The molecule has 1 heterocycles. The lowest BCUT2D eigenvalue weighted by Crippen LogP contribution is -2.25. The van der Waals surface area contributed by atoms with Crippen molar-refractivity contribution in [3.05, 3.63) is 30.1 Å². The van der Waals surface area contributed by atoms with Crippen molar-refractivity contribution in [2.24, 2.45) is 11.8 Å². The Bertz CT molecular complexity index is 442. The van der Waals surface area contributed by atoms with E-state index in [4.69, 9.17) is 9.47 Å². The summed E-state index contributed by atoms with van der Waals surface area (Å²) < 4.78 is 10.4. The molecule has 110 valence electrons. The SMILES string of the molecule is CC(C)COC(=O)C(OC(=O)C(C)C)c1cccnc1. The molecule has 0 aliphatic rings. The fourth-order valence-electron chi connectivity index (χ4n) is 1.36. The third-order valence-electron chi connectivity index (χ3n) is 2.47. The highest BCUT2D eigenvalue weighted by molar-refractivity contribution is 5.81. The first kappa shape index (κ1) is 16.1. The van der Waals surface area contributed by atoms with E-state index in [1.807, 2.05) is 13.8 Å². The van der Waals surface area contributed by atoms with E-state index >= 15 is 0 Å². The average Bonchev–Trinajstić information content (AvgIpc) is 2.42. The molecule has 0 bridgehead atoms. The Morgan fingerprint density at radius 3 is 2.40 bits per heavy atom. The highest BCUT2D eigenvalue weighted by Crippen LogP contribution is 2.20. The number of hydrogen-bond acceptors (Lipinski definition) is 5. The van der Waals surface area contributed by atoms with Gasteiger partial charge in [0.05, 0.1) is 12.5 Å². The summed E-state index contributed by atoms with van der Waals surface area (Å²) in [6.07, 6.45) is 2.02. The number of carbonyl (C=O) groups is 2. The van der Waals surface area contributed by atoms with Crippen LogP contribution < -0.4 is 0 Å². The second-order valence-electron chi connectivity index (χ2n) is 5.28. The van der Waals surface area contributed by atoms with Crippen molar-refractivity contribution in [2.45, 2.75) is 33.8 Å². The lowest BCUT2D eigenvalue weighted by Gasteiger charge is -2.18. The smallest absolute Gasteiger partial charge is 0.352 e. The van der Waals surface area contributed by atoms with Gasteiger partial charge < -0.3 is 9.47 Å². The molecule has 1 atom stereocenters. The third-order valence-corrected chi connectivity index (χ3v) is 2.47. The summed E-state index contributed by atoms with van der Waals surface area (Å²) in [6.45, 7) is 7.58. The fourth-order valence-corrected chi connectivity index (χ4v) is 1.36. The number of pyridine rings is 1. The third kappa shape index (κ3) is 4.99. The number of esters is 2. The van der Waals surface area contributed by atoms with E-state index in [-0.39, 0.29) is 18.4 Å². The largest absolute Gasteiger partial charge is 0.462 e. The zero-order valence-electron chi connectivity index (χ0n) is 12.3. The normalized spacial score (nSPS) is 12.3. The van der Waals surface area contributed by atoms with E-state index in [1.165, 1.54) is 6.20 Å². The zero-order chi connectivity index (χ0) is 15.1. The van der Waals surface area contributed by atoms with Crippen LogP contribution in [0.4, 0.5) is 0 Å². The molecule has 0 N–H and O–H groups in total. The fraction of sp³-hybridized carbons (Fsp3) is 0.533.